The van der Waals surface area contributed by atoms with Crippen molar-refractivity contribution in [3.63, 3.8) is 0 Å². The molecule has 4 heteroatoms. The van der Waals surface area contributed by atoms with E-state index in [0.717, 1.165) is 13.0 Å². The first-order valence-electron chi connectivity index (χ1n) is 7.31. The van der Waals surface area contributed by atoms with Crippen LogP contribution in [0, 0.1) is 5.92 Å². The van der Waals surface area contributed by atoms with Crippen LogP contribution in [0.15, 0.2) is 0 Å². The second kappa shape index (κ2) is 5.57. The number of amides is 1. The molecule has 0 aromatic carbocycles. The van der Waals surface area contributed by atoms with Crippen LogP contribution in [0.1, 0.15) is 40.0 Å². The summed E-state index contributed by atoms with van der Waals surface area (Å²) in [5.41, 5.74) is 0. The zero-order valence-corrected chi connectivity index (χ0v) is 12.1. The molecule has 0 spiro atoms. The summed E-state index contributed by atoms with van der Waals surface area (Å²) in [5.74, 6) is 0.676. The second-order valence-corrected chi connectivity index (χ2v) is 6.08. The molecule has 3 unspecified atom stereocenters. The number of carbonyl (C=O) groups is 1. The minimum Gasteiger partial charge on any atom is -0.324 e. The summed E-state index contributed by atoms with van der Waals surface area (Å²) in [4.78, 5) is 16.9. The van der Waals surface area contributed by atoms with E-state index in [2.05, 4.69) is 42.9 Å². The summed E-state index contributed by atoms with van der Waals surface area (Å²) < 4.78 is 0. The van der Waals surface area contributed by atoms with Crippen LogP contribution in [0.5, 0.6) is 0 Å². The molecule has 104 valence electrons. The Kier molecular flexibility index (Phi) is 4.28. The minimum absolute atomic E-state index is 0.0154. The first kappa shape index (κ1) is 13.8. The van der Waals surface area contributed by atoms with E-state index in [0.29, 0.717) is 17.9 Å². The summed E-state index contributed by atoms with van der Waals surface area (Å²) in [7, 11) is 2.17. The number of likely N-dealkylation sites (tertiary alicyclic amines) is 1. The Bertz CT molecular complexity index is 305. The fraction of sp³-hybridized carbons (Fsp3) is 0.929. The molecule has 2 saturated heterocycles. The van der Waals surface area contributed by atoms with Gasteiger partial charge < -0.3 is 9.80 Å². The van der Waals surface area contributed by atoms with Crippen molar-refractivity contribution >= 4 is 5.91 Å². The number of hydrogen-bond donors (Lipinski definition) is 1. The Morgan fingerprint density at radius 3 is 2.67 bits per heavy atom. The average molecular weight is 253 g/mol. The molecule has 0 aromatic rings. The molecule has 0 aromatic heterocycles. The Labute approximate surface area is 111 Å². The van der Waals surface area contributed by atoms with Crippen LogP contribution >= 0.6 is 0 Å². The maximum Gasteiger partial charge on any atom is 0.241 e. The fourth-order valence-corrected chi connectivity index (χ4v) is 3.17. The lowest BCUT2D eigenvalue weighted by atomic mass is 10.0. The maximum atomic E-state index is 12.5. The van der Waals surface area contributed by atoms with Gasteiger partial charge in [0.25, 0.3) is 0 Å². The van der Waals surface area contributed by atoms with Gasteiger partial charge in [-0.05, 0) is 38.8 Å². The van der Waals surface area contributed by atoms with Crippen molar-refractivity contribution in [3.05, 3.63) is 0 Å². The van der Waals surface area contributed by atoms with E-state index in [1.807, 2.05) is 0 Å². The summed E-state index contributed by atoms with van der Waals surface area (Å²) in [6.45, 7) is 8.45. The van der Waals surface area contributed by atoms with Crippen molar-refractivity contribution in [1.29, 1.82) is 0 Å². The summed E-state index contributed by atoms with van der Waals surface area (Å²) in [5, 5.41) is 3.49. The summed E-state index contributed by atoms with van der Waals surface area (Å²) in [6, 6.07) is 0.567. The average Bonchev–Trinajstić information content (AvgIpc) is 2.86. The molecule has 2 heterocycles. The van der Waals surface area contributed by atoms with Gasteiger partial charge in [-0.1, -0.05) is 20.8 Å². The number of nitrogens with one attached hydrogen (secondary N) is 1. The van der Waals surface area contributed by atoms with Crippen LogP contribution in [0.2, 0.25) is 0 Å². The van der Waals surface area contributed by atoms with E-state index in [9.17, 15) is 4.79 Å². The monoisotopic (exact) mass is 253 g/mol. The molecule has 18 heavy (non-hydrogen) atoms. The largest absolute Gasteiger partial charge is 0.324 e. The highest BCUT2D eigenvalue weighted by Gasteiger charge is 2.40. The number of carbonyl (C=O) groups excluding carboxylic acids is 1. The van der Waals surface area contributed by atoms with Crippen LogP contribution in [-0.2, 0) is 4.79 Å². The van der Waals surface area contributed by atoms with Gasteiger partial charge in [-0.3, -0.25) is 10.1 Å². The van der Waals surface area contributed by atoms with Gasteiger partial charge in [-0.25, -0.2) is 0 Å². The predicted octanol–water partition coefficient (Wildman–Crippen LogP) is 1.27. The third-order valence-electron chi connectivity index (χ3n) is 4.43. The lowest BCUT2D eigenvalue weighted by Gasteiger charge is -2.29. The zero-order chi connectivity index (χ0) is 13.3. The third-order valence-corrected chi connectivity index (χ3v) is 4.43. The molecule has 2 fully saturated rings. The molecule has 0 radical (unpaired) electrons. The highest BCUT2D eigenvalue weighted by Crippen LogP contribution is 2.23. The van der Waals surface area contributed by atoms with Crippen molar-refractivity contribution in [2.75, 3.05) is 20.1 Å². The van der Waals surface area contributed by atoms with E-state index >= 15 is 0 Å². The van der Waals surface area contributed by atoms with Gasteiger partial charge in [0.1, 0.15) is 0 Å². The Morgan fingerprint density at radius 2 is 2.17 bits per heavy atom. The molecule has 0 bridgehead atoms. The van der Waals surface area contributed by atoms with Crippen molar-refractivity contribution in [1.82, 2.24) is 15.1 Å². The van der Waals surface area contributed by atoms with E-state index in [1.165, 1.54) is 19.4 Å². The molecule has 2 rings (SSSR count). The van der Waals surface area contributed by atoms with Crippen molar-refractivity contribution < 1.29 is 4.79 Å². The molecular formula is C14H27N3O. The van der Waals surface area contributed by atoms with Crippen molar-refractivity contribution in [2.24, 2.45) is 5.92 Å². The van der Waals surface area contributed by atoms with Gasteiger partial charge in [0.2, 0.25) is 5.91 Å². The van der Waals surface area contributed by atoms with Gasteiger partial charge in [-0.15, -0.1) is 0 Å². The Balaban J connectivity index is 2.03. The number of rotatable bonds is 4. The Morgan fingerprint density at radius 1 is 1.44 bits per heavy atom. The smallest absolute Gasteiger partial charge is 0.241 e. The lowest BCUT2D eigenvalue weighted by molar-refractivity contribution is -0.131. The van der Waals surface area contributed by atoms with Crippen molar-refractivity contribution in [3.8, 4) is 0 Å². The van der Waals surface area contributed by atoms with Gasteiger partial charge in [-0.2, -0.15) is 0 Å². The molecule has 0 aliphatic carbocycles. The topological polar surface area (TPSA) is 35.6 Å². The summed E-state index contributed by atoms with van der Waals surface area (Å²) >= 11 is 0. The van der Waals surface area contributed by atoms with E-state index in [4.69, 9.17) is 0 Å². The highest BCUT2D eigenvalue weighted by atomic mass is 16.2. The predicted molar refractivity (Wildman–Crippen MR) is 73.2 cm³/mol. The molecule has 4 nitrogen and oxygen atoms in total. The third kappa shape index (κ3) is 2.54. The molecule has 2 aliphatic rings. The van der Waals surface area contributed by atoms with Gasteiger partial charge in [0.05, 0.1) is 12.2 Å². The lowest BCUT2D eigenvalue weighted by Crippen LogP contribution is -2.44. The van der Waals surface area contributed by atoms with Crippen LogP contribution in [-0.4, -0.2) is 54.1 Å². The van der Waals surface area contributed by atoms with E-state index in [-0.39, 0.29) is 12.2 Å². The number of likely N-dealkylation sites (N-methyl/N-ethyl adjacent to an activating group) is 1. The van der Waals surface area contributed by atoms with E-state index in [1.54, 1.807) is 0 Å². The van der Waals surface area contributed by atoms with Crippen LogP contribution in [0.4, 0.5) is 0 Å². The first-order chi connectivity index (χ1) is 8.54. The first-order valence-corrected chi connectivity index (χ1v) is 7.31. The highest BCUT2D eigenvalue weighted by molar-refractivity contribution is 5.84. The molecule has 0 saturated carbocycles. The quantitative estimate of drug-likeness (QED) is 0.819. The van der Waals surface area contributed by atoms with Gasteiger partial charge >= 0.3 is 0 Å². The molecule has 2 aliphatic heterocycles. The SMILES string of the molecule is CCC1NC(C(C)C)C(=O)N1CC1CCCN1C. The fourth-order valence-electron chi connectivity index (χ4n) is 3.17. The zero-order valence-electron chi connectivity index (χ0n) is 12.1. The normalized spacial score (nSPS) is 33.9. The summed E-state index contributed by atoms with van der Waals surface area (Å²) in [6.07, 6.45) is 3.72. The van der Waals surface area contributed by atoms with Crippen LogP contribution in [0.3, 0.4) is 0 Å². The van der Waals surface area contributed by atoms with Gasteiger partial charge in [0, 0.05) is 12.6 Å². The van der Waals surface area contributed by atoms with Crippen LogP contribution in [0.25, 0.3) is 0 Å². The van der Waals surface area contributed by atoms with Crippen molar-refractivity contribution in [2.45, 2.75) is 58.3 Å². The molecular weight excluding hydrogens is 226 g/mol. The minimum atomic E-state index is 0.0154. The number of nitrogens with zero attached hydrogens (tertiary/aromatic N) is 2. The standard InChI is InChI=1S/C14H27N3O/c1-5-12-15-13(10(2)3)14(18)17(12)9-11-7-6-8-16(11)4/h10-13,15H,5-9H2,1-4H3. The van der Waals surface area contributed by atoms with E-state index < -0.39 is 0 Å². The number of hydrogen-bond acceptors (Lipinski definition) is 3. The second-order valence-electron chi connectivity index (χ2n) is 6.08. The molecule has 3 atom stereocenters. The van der Waals surface area contributed by atoms with Gasteiger partial charge in [0.15, 0.2) is 0 Å². The molecule has 1 N–H and O–H groups in total. The van der Waals surface area contributed by atoms with Crippen LogP contribution < -0.4 is 5.32 Å². The maximum absolute atomic E-state index is 12.5. The Hall–Kier alpha value is -0.610. The molecule has 1 amide bonds.